The number of nitrogens with zero attached hydrogens (tertiary/aromatic N) is 3. The Morgan fingerprint density at radius 2 is 2.08 bits per heavy atom. The molecule has 1 aromatic carbocycles. The standard InChI is InChI=1S/C19H23N3O3/c1-14(19(24)25)11-21(12-15-5-3-2-4-6-15)18(23)16-7-8-17-9-10-20-22(17)13-16/h2-6,9-10,14,16H,7-8,11-13H2,1H3,(H,24,25). The Bertz CT molecular complexity index is 741. The normalized spacial score (nSPS) is 17.6. The number of carboxylic acids is 1. The van der Waals surface area contributed by atoms with E-state index in [1.54, 1.807) is 18.0 Å². The third-order valence-electron chi connectivity index (χ3n) is 4.74. The van der Waals surface area contributed by atoms with Gasteiger partial charge in [0, 0.05) is 25.0 Å². The summed E-state index contributed by atoms with van der Waals surface area (Å²) in [4.78, 5) is 26.0. The van der Waals surface area contributed by atoms with Crippen molar-refractivity contribution in [3.05, 3.63) is 53.9 Å². The van der Waals surface area contributed by atoms with Crippen molar-refractivity contribution in [3.8, 4) is 0 Å². The van der Waals surface area contributed by atoms with Gasteiger partial charge in [-0.2, -0.15) is 5.10 Å². The van der Waals surface area contributed by atoms with Gasteiger partial charge in [0.25, 0.3) is 0 Å². The second-order valence-corrected chi connectivity index (χ2v) is 6.68. The maximum atomic E-state index is 13.1. The zero-order valence-corrected chi connectivity index (χ0v) is 14.3. The molecular formula is C19H23N3O3. The molecule has 1 aromatic heterocycles. The van der Waals surface area contributed by atoms with Crippen LogP contribution in [-0.2, 0) is 29.1 Å². The van der Waals surface area contributed by atoms with E-state index in [1.165, 1.54) is 0 Å². The highest BCUT2D eigenvalue weighted by Gasteiger charge is 2.30. The Morgan fingerprint density at radius 3 is 2.80 bits per heavy atom. The molecule has 1 amide bonds. The van der Waals surface area contributed by atoms with E-state index in [9.17, 15) is 14.7 Å². The van der Waals surface area contributed by atoms with Crippen LogP contribution < -0.4 is 0 Å². The molecular weight excluding hydrogens is 318 g/mol. The molecule has 2 unspecified atom stereocenters. The molecule has 0 saturated heterocycles. The van der Waals surface area contributed by atoms with Crippen molar-refractivity contribution in [1.29, 1.82) is 0 Å². The van der Waals surface area contributed by atoms with Crippen LogP contribution in [0.5, 0.6) is 0 Å². The SMILES string of the molecule is CC(CN(Cc1ccccc1)C(=O)C1CCc2ccnn2C1)C(=O)O. The van der Waals surface area contributed by atoms with E-state index in [4.69, 9.17) is 0 Å². The number of carboxylic acid groups (broad SMARTS) is 1. The molecule has 2 atom stereocenters. The molecule has 0 spiro atoms. The van der Waals surface area contributed by atoms with Crippen LogP contribution in [-0.4, -0.2) is 38.2 Å². The van der Waals surface area contributed by atoms with Crippen LogP contribution >= 0.6 is 0 Å². The van der Waals surface area contributed by atoms with Crippen LogP contribution in [0.1, 0.15) is 24.6 Å². The van der Waals surface area contributed by atoms with Gasteiger partial charge in [-0.15, -0.1) is 0 Å². The zero-order valence-electron chi connectivity index (χ0n) is 14.3. The first-order valence-electron chi connectivity index (χ1n) is 8.61. The summed E-state index contributed by atoms with van der Waals surface area (Å²) in [7, 11) is 0. The van der Waals surface area contributed by atoms with Gasteiger partial charge in [-0.05, 0) is 24.5 Å². The van der Waals surface area contributed by atoms with Gasteiger partial charge in [0.05, 0.1) is 18.4 Å². The Labute approximate surface area is 147 Å². The number of aryl methyl sites for hydroxylation is 1. The number of carbonyl (C=O) groups is 2. The first-order chi connectivity index (χ1) is 12.0. The highest BCUT2D eigenvalue weighted by Crippen LogP contribution is 2.22. The minimum absolute atomic E-state index is 0.0121. The third kappa shape index (κ3) is 4.07. The number of hydrogen-bond acceptors (Lipinski definition) is 3. The quantitative estimate of drug-likeness (QED) is 0.874. The van der Waals surface area contributed by atoms with Crippen molar-refractivity contribution in [1.82, 2.24) is 14.7 Å². The lowest BCUT2D eigenvalue weighted by molar-refractivity contribution is -0.144. The fourth-order valence-electron chi connectivity index (χ4n) is 3.26. The molecule has 0 saturated carbocycles. The van der Waals surface area contributed by atoms with E-state index in [1.807, 2.05) is 41.1 Å². The largest absolute Gasteiger partial charge is 0.481 e. The van der Waals surface area contributed by atoms with Crippen LogP contribution in [0.15, 0.2) is 42.6 Å². The zero-order chi connectivity index (χ0) is 17.8. The molecule has 2 heterocycles. The van der Waals surface area contributed by atoms with Gasteiger partial charge < -0.3 is 10.0 Å². The maximum Gasteiger partial charge on any atom is 0.308 e. The molecule has 0 bridgehead atoms. The van der Waals surface area contributed by atoms with Crippen molar-refractivity contribution >= 4 is 11.9 Å². The Balaban J connectivity index is 1.75. The number of amides is 1. The smallest absolute Gasteiger partial charge is 0.308 e. The van der Waals surface area contributed by atoms with Gasteiger partial charge in [0.2, 0.25) is 5.91 Å². The van der Waals surface area contributed by atoms with Crippen molar-refractivity contribution in [2.75, 3.05) is 6.54 Å². The lowest BCUT2D eigenvalue weighted by Crippen LogP contribution is -2.42. The predicted molar refractivity (Wildman–Crippen MR) is 92.7 cm³/mol. The molecule has 25 heavy (non-hydrogen) atoms. The Morgan fingerprint density at radius 1 is 1.32 bits per heavy atom. The lowest BCUT2D eigenvalue weighted by atomic mass is 9.96. The van der Waals surface area contributed by atoms with Gasteiger partial charge in [-0.25, -0.2) is 0 Å². The monoisotopic (exact) mass is 341 g/mol. The summed E-state index contributed by atoms with van der Waals surface area (Å²) in [6.07, 6.45) is 3.36. The third-order valence-corrected chi connectivity index (χ3v) is 4.74. The number of benzene rings is 1. The molecule has 6 heteroatoms. The second-order valence-electron chi connectivity index (χ2n) is 6.68. The van der Waals surface area contributed by atoms with Crippen molar-refractivity contribution in [2.24, 2.45) is 11.8 Å². The second kappa shape index (κ2) is 7.51. The molecule has 3 rings (SSSR count). The van der Waals surface area contributed by atoms with Crippen LogP contribution in [0, 0.1) is 11.8 Å². The van der Waals surface area contributed by atoms with Gasteiger partial charge in [-0.3, -0.25) is 14.3 Å². The fraction of sp³-hybridized carbons (Fsp3) is 0.421. The van der Waals surface area contributed by atoms with Crippen LogP contribution in [0.3, 0.4) is 0 Å². The average molecular weight is 341 g/mol. The van der Waals surface area contributed by atoms with E-state index >= 15 is 0 Å². The molecule has 132 valence electrons. The summed E-state index contributed by atoms with van der Waals surface area (Å²) < 4.78 is 1.88. The van der Waals surface area contributed by atoms with Gasteiger partial charge in [0.15, 0.2) is 0 Å². The highest BCUT2D eigenvalue weighted by molar-refractivity contribution is 5.80. The van der Waals surface area contributed by atoms with E-state index in [0.717, 1.165) is 24.1 Å². The maximum absolute atomic E-state index is 13.1. The van der Waals surface area contributed by atoms with Crippen molar-refractivity contribution in [3.63, 3.8) is 0 Å². The number of aliphatic carboxylic acids is 1. The topological polar surface area (TPSA) is 75.4 Å². The minimum Gasteiger partial charge on any atom is -0.481 e. The first kappa shape index (κ1) is 17.2. The predicted octanol–water partition coefficient (Wildman–Crippen LogP) is 2.19. The summed E-state index contributed by atoms with van der Waals surface area (Å²) in [6.45, 7) is 2.85. The highest BCUT2D eigenvalue weighted by atomic mass is 16.4. The van der Waals surface area contributed by atoms with Crippen LogP contribution in [0.25, 0.3) is 0 Å². The summed E-state index contributed by atoms with van der Waals surface area (Å²) in [5.41, 5.74) is 2.15. The van der Waals surface area contributed by atoms with Gasteiger partial charge in [0.1, 0.15) is 0 Å². The van der Waals surface area contributed by atoms with Crippen LogP contribution in [0.2, 0.25) is 0 Å². The van der Waals surface area contributed by atoms with E-state index in [-0.39, 0.29) is 18.4 Å². The van der Waals surface area contributed by atoms with E-state index < -0.39 is 11.9 Å². The lowest BCUT2D eigenvalue weighted by Gasteiger charge is -2.31. The molecule has 0 aliphatic carbocycles. The molecule has 1 N–H and O–H groups in total. The molecule has 0 radical (unpaired) electrons. The minimum atomic E-state index is -0.885. The number of hydrogen-bond donors (Lipinski definition) is 1. The van der Waals surface area contributed by atoms with Crippen LogP contribution in [0.4, 0.5) is 0 Å². The number of rotatable bonds is 6. The van der Waals surface area contributed by atoms with E-state index in [2.05, 4.69) is 5.10 Å². The molecule has 1 aliphatic heterocycles. The molecule has 1 aliphatic rings. The Kier molecular flexibility index (Phi) is 5.16. The molecule has 2 aromatic rings. The summed E-state index contributed by atoms with van der Waals surface area (Å²) in [5.74, 6) is -1.63. The van der Waals surface area contributed by atoms with Gasteiger partial charge in [-0.1, -0.05) is 37.3 Å². The van der Waals surface area contributed by atoms with Crippen molar-refractivity contribution in [2.45, 2.75) is 32.9 Å². The van der Waals surface area contributed by atoms with Gasteiger partial charge >= 0.3 is 5.97 Å². The Hall–Kier alpha value is -2.63. The van der Waals surface area contributed by atoms with Crippen molar-refractivity contribution < 1.29 is 14.7 Å². The number of fused-ring (bicyclic) bond motifs is 1. The summed E-state index contributed by atoms with van der Waals surface area (Å²) in [5, 5.41) is 13.5. The summed E-state index contributed by atoms with van der Waals surface area (Å²) >= 11 is 0. The average Bonchev–Trinajstić information content (AvgIpc) is 3.09. The molecule has 0 fully saturated rings. The number of carbonyl (C=O) groups excluding carboxylic acids is 1. The summed E-state index contributed by atoms with van der Waals surface area (Å²) in [6, 6.07) is 11.7. The first-order valence-corrected chi connectivity index (χ1v) is 8.61. The number of aromatic nitrogens is 2. The molecule has 6 nitrogen and oxygen atoms in total. The van der Waals surface area contributed by atoms with E-state index in [0.29, 0.717) is 13.1 Å². The fourth-order valence-corrected chi connectivity index (χ4v) is 3.26.